The van der Waals surface area contributed by atoms with Crippen molar-refractivity contribution < 1.29 is 9.18 Å². The first-order valence-corrected chi connectivity index (χ1v) is 11.8. The molecule has 1 N–H and O–H groups in total. The van der Waals surface area contributed by atoms with Crippen LogP contribution in [0.2, 0.25) is 0 Å². The molecule has 32 heavy (non-hydrogen) atoms. The van der Waals surface area contributed by atoms with E-state index in [-0.39, 0.29) is 5.91 Å². The summed E-state index contributed by atoms with van der Waals surface area (Å²) in [5.74, 6) is 1.18. The summed E-state index contributed by atoms with van der Waals surface area (Å²) in [7, 11) is 0. The van der Waals surface area contributed by atoms with E-state index in [1.807, 2.05) is 6.92 Å². The minimum atomic E-state index is -0.395. The van der Waals surface area contributed by atoms with Gasteiger partial charge in [-0.05, 0) is 74.0 Å². The average Bonchev–Trinajstić information content (AvgIpc) is 3.55. The molecule has 1 saturated carbocycles. The van der Waals surface area contributed by atoms with Crippen LogP contribution in [-0.2, 0) is 19.6 Å². The Morgan fingerprint density at radius 3 is 2.75 bits per heavy atom. The van der Waals surface area contributed by atoms with Crippen LogP contribution >= 0.6 is 0 Å². The number of fused-ring (bicyclic) bond motifs is 1. The van der Waals surface area contributed by atoms with Gasteiger partial charge in [0.25, 0.3) is 5.91 Å². The van der Waals surface area contributed by atoms with Gasteiger partial charge in [-0.25, -0.2) is 9.37 Å². The third kappa shape index (κ3) is 5.36. The van der Waals surface area contributed by atoms with Crippen molar-refractivity contribution >= 4 is 16.9 Å². The van der Waals surface area contributed by atoms with E-state index in [9.17, 15) is 9.18 Å². The molecule has 1 heterocycles. The molecule has 5 nitrogen and oxygen atoms in total. The van der Waals surface area contributed by atoms with Crippen molar-refractivity contribution in [1.82, 2.24) is 19.8 Å². The van der Waals surface area contributed by atoms with Gasteiger partial charge in [-0.1, -0.05) is 26.0 Å². The number of hydrogen-bond donors (Lipinski definition) is 1. The summed E-state index contributed by atoms with van der Waals surface area (Å²) in [5, 5.41) is 3.54. The highest BCUT2D eigenvalue weighted by molar-refractivity contribution is 5.94. The van der Waals surface area contributed by atoms with Gasteiger partial charge >= 0.3 is 0 Å². The number of carbonyl (C=O) groups is 1. The van der Waals surface area contributed by atoms with E-state index in [1.165, 1.54) is 30.5 Å². The monoisotopic (exact) mass is 436 g/mol. The summed E-state index contributed by atoms with van der Waals surface area (Å²) >= 11 is 0. The average molecular weight is 437 g/mol. The number of nitrogens with one attached hydrogen (secondary N) is 1. The fourth-order valence-corrected chi connectivity index (χ4v) is 4.17. The Bertz CT molecular complexity index is 1070. The number of aryl methyl sites for hydroxylation is 1. The maximum absolute atomic E-state index is 13.7. The first-order chi connectivity index (χ1) is 15.6. The van der Waals surface area contributed by atoms with Gasteiger partial charge in [0.05, 0.1) is 17.6 Å². The topological polar surface area (TPSA) is 50.2 Å². The molecule has 0 spiro atoms. The SMILES string of the molecule is CCCN(Cc1nc2cc(CNCC3CC3)ccc2n1CCC)C(=O)c1cccc(F)c1. The number of carbonyl (C=O) groups excluding carboxylic acids is 1. The smallest absolute Gasteiger partial charge is 0.254 e. The van der Waals surface area contributed by atoms with Crippen LogP contribution in [-0.4, -0.2) is 33.4 Å². The molecule has 6 heteroatoms. The van der Waals surface area contributed by atoms with Gasteiger partial charge in [-0.2, -0.15) is 0 Å². The van der Waals surface area contributed by atoms with Crippen LogP contribution in [0.1, 0.15) is 61.3 Å². The molecule has 2 aromatic carbocycles. The van der Waals surface area contributed by atoms with Gasteiger partial charge in [-0.15, -0.1) is 0 Å². The summed E-state index contributed by atoms with van der Waals surface area (Å²) in [4.78, 5) is 19.8. The summed E-state index contributed by atoms with van der Waals surface area (Å²) in [5.41, 5.74) is 3.67. The van der Waals surface area contributed by atoms with Crippen molar-refractivity contribution in [3.63, 3.8) is 0 Å². The largest absolute Gasteiger partial charge is 0.331 e. The molecule has 1 aromatic heterocycles. The summed E-state index contributed by atoms with van der Waals surface area (Å²) < 4.78 is 15.9. The zero-order chi connectivity index (χ0) is 22.5. The molecular formula is C26H33FN4O. The third-order valence-electron chi connectivity index (χ3n) is 5.98. The lowest BCUT2D eigenvalue weighted by molar-refractivity contribution is 0.0736. The minimum absolute atomic E-state index is 0.161. The quantitative estimate of drug-likeness (QED) is 0.453. The van der Waals surface area contributed by atoms with Crippen LogP contribution in [0.5, 0.6) is 0 Å². The van der Waals surface area contributed by atoms with Crippen LogP contribution in [0, 0.1) is 11.7 Å². The second-order valence-corrected chi connectivity index (χ2v) is 8.81. The second-order valence-electron chi connectivity index (χ2n) is 8.81. The maximum Gasteiger partial charge on any atom is 0.254 e. The molecule has 1 fully saturated rings. The molecule has 0 atom stereocenters. The highest BCUT2D eigenvalue weighted by Crippen LogP contribution is 2.27. The first kappa shape index (κ1) is 22.5. The van der Waals surface area contributed by atoms with E-state index in [0.717, 1.165) is 55.3 Å². The molecule has 1 amide bonds. The molecule has 1 aliphatic rings. The van der Waals surface area contributed by atoms with Crippen molar-refractivity contribution in [3.05, 3.63) is 65.2 Å². The number of aromatic nitrogens is 2. The summed E-state index contributed by atoms with van der Waals surface area (Å²) in [6.07, 6.45) is 4.50. The van der Waals surface area contributed by atoms with Crippen molar-refractivity contribution in [2.45, 2.75) is 59.2 Å². The Hall–Kier alpha value is -2.73. The zero-order valence-electron chi connectivity index (χ0n) is 19.1. The van der Waals surface area contributed by atoms with Crippen LogP contribution in [0.4, 0.5) is 4.39 Å². The predicted octanol–water partition coefficient (Wildman–Crippen LogP) is 5.14. The minimum Gasteiger partial charge on any atom is -0.331 e. The number of rotatable bonds is 11. The Morgan fingerprint density at radius 1 is 1.19 bits per heavy atom. The predicted molar refractivity (Wildman–Crippen MR) is 126 cm³/mol. The normalized spacial score (nSPS) is 13.6. The third-order valence-corrected chi connectivity index (χ3v) is 5.98. The highest BCUT2D eigenvalue weighted by Gasteiger charge is 2.21. The van der Waals surface area contributed by atoms with Crippen molar-refractivity contribution in [3.8, 4) is 0 Å². The van der Waals surface area contributed by atoms with Crippen LogP contribution in [0.15, 0.2) is 42.5 Å². The summed E-state index contributed by atoms with van der Waals surface area (Å²) in [6, 6.07) is 12.4. The van der Waals surface area contributed by atoms with Gasteiger partial charge in [0.1, 0.15) is 11.6 Å². The lowest BCUT2D eigenvalue weighted by Gasteiger charge is -2.22. The van der Waals surface area contributed by atoms with E-state index in [0.29, 0.717) is 18.7 Å². The van der Waals surface area contributed by atoms with E-state index >= 15 is 0 Å². The standard InChI is InChI=1S/C26H33FN4O/c1-3-12-30(26(32)21-6-5-7-22(27)15-21)18-25-29-23-14-20(17-28-16-19-8-9-19)10-11-24(23)31(25)13-4-2/h5-7,10-11,14-15,19,28H,3-4,8-9,12-13,16-18H2,1-2H3. The molecule has 4 rings (SSSR count). The first-order valence-electron chi connectivity index (χ1n) is 11.8. The fraction of sp³-hybridized carbons (Fsp3) is 0.462. The molecule has 0 radical (unpaired) electrons. The van der Waals surface area contributed by atoms with Crippen molar-refractivity contribution in [2.24, 2.45) is 5.92 Å². The van der Waals surface area contributed by atoms with Crippen LogP contribution in [0.3, 0.4) is 0 Å². The van der Waals surface area contributed by atoms with Gasteiger partial charge < -0.3 is 14.8 Å². The van der Waals surface area contributed by atoms with Crippen LogP contribution < -0.4 is 5.32 Å². The number of nitrogens with zero attached hydrogens (tertiary/aromatic N) is 3. The molecule has 0 unspecified atom stereocenters. The fourth-order valence-electron chi connectivity index (χ4n) is 4.17. The molecule has 1 aliphatic carbocycles. The Kier molecular flexibility index (Phi) is 7.20. The zero-order valence-corrected chi connectivity index (χ0v) is 19.1. The van der Waals surface area contributed by atoms with E-state index in [4.69, 9.17) is 4.98 Å². The van der Waals surface area contributed by atoms with Crippen molar-refractivity contribution in [1.29, 1.82) is 0 Å². The van der Waals surface area contributed by atoms with Gasteiger partial charge in [-0.3, -0.25) is 4.79 Å². The number of imidazole rings is 1. The molecule has 3 aromatic rings. The van der Waals surface area contributed by atoms with Gasteiger partial charge in [0, 0.05) is 25.2 Å². The molecule has 170 valence electrons. The molecular weight excluding hydrogens is 403 g/mol. The highest BCUT2D eigenvalue weighted by atomic mass is 19.1. The van der Waals surface area contributed by atoms with Gasteiger partial charge in [0.2, 0.25) is 0 Å². The second kappa shape index (κ2) is 10.3. The number of benzene rings is 2. The van der Waals surface area contributed by atoms with Crippen molar-refractivity contribution in [2.75, 3.05) is 13.1 Å². The lowest BCUT2D eigenvalue weighted by Crippen LogP contribution is -2.32. The molecule has 0 aliphatic heterocycles. The van der Waals surface area contributed by atoms with E-state index in [1.54, 1.807) is 17.0 Å². The maximum atomic E-state index is 13.7. The van der Waals surface area contributed by atoms with Gasteiger partial charge in [0.15, 0.2) is 0 Å². The molecule has 0 bridgehead atoms. The lowest BCUT2D eigenvalue weighted by atomic mass is 10.2. The number of halogens is 1. The Balaban J connectivity index is 1.58. The number of hydrogen-bond acceptors (Lipinski definition) is 3. The van der Waals surface area contributed by atoms with Crippen LogP contribution in [0.25, 0.3) is 11.0 Å². The van der Waals surface area contributed by atoms with E-state index in [2.05, 4.69) is 35.0 Å². The Morgan fingerprint density at radius 2 is 2.03 bits per heavy atom. The number of amides is 1. The molecule has 0 saturated heterocycles. The summed E-state index contributed by atoms with van der Waals surface area (Å²) in [6.45, 7) is 7.98. The van der Waals surface area contributed by atoms with E-state index < -0.39 is 5.82 Å². The Labute approximate surface area is 189 Å².